The number of nitrogens with one attached hydrogen (secondary N) is 1. The van der Waals surface area contributed by atoms with Crippen LogP contribution in [-0.4, -0.2) is 19.3 Å². The molecular formula is C18H14F3N3O3S2. The van der Waals surface area contributed by atoms with E-state index < -0.39 is 32.7 Å². The molecule has 0 atom stereocenters. The van der Waals surface area contributed by atoms with Crippen molar-refractivity contribution in [2.24, 2.45) is 5.14 Å². The summed E-state index contributed by atoms with van der Waals surface area (Å²) in [7, 11) is -3.87. The molecule has 0 unspecified atom stereocenters. The molecule has 11 heteroatoms. The normalized spacial score (nSPS) is 12.0. The Bertz CT molecular complexity index is 1170. The Hall–Kier alpha value is -2.76. The van der Waals surface area contributed by atoms with Gasteiger partial charge in [-0.15, -0.1) is 11.3 Å². The number of hydrogen-bond donors (Lipinski definition) is 2. The Labute approximate surface area is 168 Å². The van der Waals surface area contributed by atoms with Gasteiger partial charge >= 0.3 is 6.18 Å². The molecule has 0 aliphatic carbocycles. The van der Waals surface area contributed by atoms with E-state index in [1.54, 1.807) is 18.2 Å². The van der Waals surface area contributed by atoms with E-state index in [2.05, 4.69) is 10.3 Å². The molecule has 3 aromatic rings. The van der Waals surface area contributed by atoms with Crippen LogP contribution in [0.5, 0.6) is 0 Å². The molecule has 3 N–H and O–H groups in total. The van der Waals surface area contributed by atoms with E-state index in [1.165, 1.54) is 37.3 Å². The van der Waals surface area contributed by atoms with Crippen LogP contribution in [0.2, 0.25) is 0 Å². The van der Waals surface area contributed by atoms with E-state index >= 15 is 0 Å². The van der Waals surface area contributed by atoms with Gasteiger partial charge < -0.3 is 5.32 Å². The number of para-hydroxylation sites is 1. The number of carbonyl (C=O) groups excluding carboxylic acids is 1. The zero-order chi connectivity index (χ0) is 21.4. The maximum absolute atomic E-state index is 13.1. The van der Waals surface area contributed by atoms with Gasteiger partial charge in [-0.25, -0.2) is 18.5 Å². The lowest BCUT2D eigenvalue weighted by molar-refractivity contribution is -0.141. The number of amides is 1. The average Bonchev–Trinajstić information content (AvgIpc) is 3.04. The van der Waals surface area contributed by atoms with Gasteiger partial charge in [0, 0.05) is 11.3 Å². The van der Waals surface area contributed by atoms with Crippen molar-refractivity contribution in [3.8, 4) is 11.1 Å². The summed E-state index contributed by atoms with van der Waals surface area (Å²) in [4.78, 5) is 15.3. The van der Waals surface area contributed by atoms with Crippen LogP contribution in [0.25, 0.3) is 11.1 Å². The number of sulfonamides is 1. The second kappa shape index (κ2) is 7.58. The minimum absolute atomic E-state index is 0.0854. The molecule has 29 heavy (non-hydrogen) atoms. The van der Waals surface area contributed by atoms with E-state index in [0.717, 1.165) is 0 Å². The maximum Gasteiger partial charge on any atom is 0.435 e. The molecule has 1 aromatic heterocycles. The molecule has 0 radical (unpaired) electrons. The molecule has 0 bridgehead atoms. The van der Waals surface area contributed by atoms with Gasteiger partial charge in [-0.1, -0.05) is 30.3 Å². The van der Waals surface area contributed by atoms with E-state index in [0.29, 0.717) is 22.5 Å². The third-order valence-electron chi connectivity index (χ3n) is 3.88. The molecule has 0 fully saturated rings. The predicted molar refractivity (Wildman–Crippen MR) is 103 cm³/mol. The van der Waals surface area contributed by atoms with Crippen molar-refractivity contribution in [1.29, 1.82) is 0 Å². The van der Waals surface area contributed by atoms with Crippen LogP contribution in [0, 0.1) is 6.92 Å². The SMILES string of the molecule is Cc1nc(C(F)(F)F)c(C(=O)Nc2ccccc2-c2ccc(S(N)(=O)=O)cc2)s1. The fraction of sp³-hybridized carbons (Fsp3) is 0.111. The second-order valence-corrected chi connectivity index (χ2v) is 8.74. The van der Waals surface area contributed by atoms with Crippen molar-refractivity contribution in [1.82, 2.24) is 4.98 Å². The van der Waals surface area contributed by atoms with Gasteiger partial charge in [0.2, 0.25) is 10.0 Å². The Morgan fingerprint density at radius 1 is 1.10 bits per heavy atom. The van der Waals surface area contributed by atoms with Crippen LogP contribution in [0.1, 0.15) is 20.4 Å². The van der Waals surface area contributed by atoms with Gasteiger partial charge in [-0.2, -0.15) is 13.2 Å². The molecule has 0 aliphatic heterocycles. The number of aryl methyl sites for hydroxylation is 1. The van der Waals surface area contributed by atoms with Gasteiger partial charge in [0.1, 0.15) is 4.88 Å². The van der Waals surface area contributed by atoms with Crippen LogP contribution in [0.3, 0.4) is 0 Å². The highest BCUT2D eigenvalue weighted by Crippen LogP contribution is 2.35. The first kappa shape index (κ1) is 21.0. The lowest BCUT2D eigenvalue weighted by atomic mass is 10.0. The maximum atomic E-state index is 13.1. The molecule has 2 aromatic carbocycles. The third kappa shape index (κ3) is 4.63. The Kier molecular flexibility index (Phi) is 5.48. The van der Waals surface area contributed by atoms with Crippen LogP contribution in [-0.2, 0) is 16.2 Å². The minimum atomic E-state index is -4.75. The van der Waals surface area contributed by atoms with Crippen LogP contribution < -0.4 is 10.5 Å². The molecule has 1 heterocycles. The highest BCUT2D eigenvalue weighted by atomic mass is 32.2. The standard InChI is InChI=1S/C18H14F3N3O3S2/c1-10-23-16(18(19,20)21)15(28-10)17(25)24-14-5-3-2-4-13(14)11-6-8-12(9-7-11)29(22,26)27/h2-9H,1H3,(H,24,25)(H2,22,26,27). The summed E-state index contributed by atoms with van der Waals surface area (Å²) in [5.41, 5.74) is 0.0777. The monoisotopic (exact) mass is 441 g/mol. The van der Waals surface area contributed by atoms with Crippen molar-refractivity contribution in [3.05, 3.63) is 64.1 Å². The first-order valence-corrected chi connectivity index (χ1v) is 10.4. The molecule has 6 nitrogen and oxygen atoms in total. The smallest absolute Gasteiger partial charge is 0.321 e. The summed E-state index contributed by atoms with van der Waals surface area (Å²) in [5, 5.41) is 7.68. The number of aromatic nitrogens is 1. The van der Waals surface area contributed by atoms with Gasteiger partial charge in [0.05, 0.1) is 9.90 Å². The number of halogens is 3. The first-order valence-electron chi connectivity index (χ1n) is 8.05. The van der Waals surface area contributed by atoms with Gasteiger partial charge in [-0.05, 0) is 30.7 Å². The number of anilines is 1. The fourth-order valence-electron chi connectivity index (χ4n) is 2.62. The molecule has 3 rings (SSSR count). The third-order valence-corrected chi connectivity index (χ3v) is 5.78. The number of carbonyl (C=O) groups is 1. The topological polar surface area (TPSA) is 102 Å². The second-order valence-electron chi connectivity index (χ2n) is 5.98. The molecular weight excluding hydrogens is 427 g/mol. The Balaban J connectivity index is 1.96. The largest absolute Gasteiger partial charge is 0.435 e. The zero-order valence-corrected chi connectivity index (χ0v) is 16.5. The molecule has 0 saturated carbocycles. The summed E-state index contributed by atoms with van der Waals surface area (Å²) in [6.07, 6.45) is -4.75. The minimum Gasteiger partial charge on any atom is -0.321 e. The highest BCUT2D eigenvalue weighted by molar-refractivity contribution is 7.89. The van der Waals surface area contributed by atoms with Crippen molar-refractivity contribution in [2.45, 2.75) is 18.0 Å². The summed E-state index contributed by atoms with van der Waals surface area (Å²) in [5.74, 6) is -0.934. The van der Waals surface area contributed by atoms with Crippen LogP contribution in [0.15, 0.2) is 53.4 Å². The summed E-state index contributed by atoms with van der Waals surface area (Å²) >= 11 is 0.651. The summed E-state index contributed by atoms with van der Waals surface area (Å²) in [6, 6.07) is 12.0. The Morgan fingerprint density at radius 3 is 2.31 bits per heavy atom. The van der Waals surface area contributed by atoms with Gasteiger partial charge in [-0.3, -0.25) is 4.79 Å². The number of hydrogen-bond acceptors (Lipinski definition) is 5. The number of alkyl halides is 3. The molecule has 152 valence electrons. The Morgan fingerprint density at radius 2 is 1.72 bits per heavy atom. The molecule has 0 spiro atoms. The van der Waals surface area contributed by atoms with E-state index in [9.17, 15) is 26.4 Å². The summed E-state index contributed by atoms with van der Waals surface area (Å²) in [6.45, 7) is 1.39. The number of rotatable bonds is 4. The molecule has 0 saturated heterocycles. The van der Waals surface area contributed by atoms with Crippen molar-refractivity contribution in [3.63, 3.8) is 0 Å². The molecule has 0 aliphatic rings. The van der Waals surface area contributed by atoms with Crippen LogP contribution >= 0.6 is 11.3 Å². The zero-order valence-electron chi connectivity index (χ0n) is 14.8. The average molecular weight is 441 g/mol. The number of thiazole rings is 1. The van der Waals surface area contributed by atoms with Crippen molar-refractivity contribution >= 4 is 33.0 Å². The van der Waals surface area contributed by atoms with Crippen molar-refractivity contribution < 1.29 is 26.4 Å². The highest BCUT2D eigenvalue weighted by Gasteiger charge is 2.39. The number of nitrogens with two attached hydrogens (primary N) is 1. The van der Waals surface area contributed by atoms with E-state index in [1.807, 2.05) is 0 Å². The lowest BCUT2D eigenvalue weighted by Gasteiger charge is -2.12. The number of nitrogens with zero attached hydrogens (tertiary/aromatic N) is 1. The van der Waals surface area contributed by atoms with Gasteiger partial charge in [0.15, 0.2) is 5.69 Å². The summed E-state index contributed by atoms with van der Waals surface area (Å²) < 4.78 is 62.2. The quantitative estimate of drug-likeness (QED) is 0.638. The van der Waals surface area contributed by atoms with E-state index in [4.69, 9.17) is 5.14 Å². The van der Waals surface area contributed by atoms with Gasteiger partial charge in [0.25, 0.3) is 5.91 Å². The van der Waals surface area contributed by atoms with E-state index in [-0.39, 0.29) is 15.6 Å². The fourth-order valence-corrected chi connectivity index (χ4v) is 3.97. The van der Waals surface area contributed by atoms with Crippen molar-refractivity contribution in [2.75, 3.05) is 5.32 Å². The predicted octanol–water partition coefficient (Wildman–Crippen LogP) is 4.04. The number of benzene rings is 2. The lowest BCUT2D eigenvalue weighted by Crippen LogP contribution is -2.17. The number of primary sulfonamides is 1. The first-order chi connectivity index (χ1) is 13.5. The molecule has 1 amide bonds. The van der Waals surface area contributed by atoms with Crippen LogP contribution in [0.4, 0.5) is 18.9 Å².